The molecule has 2 aromatic carbocycles. The first kappa shape index (κ1) is 14.5. The van der Waals surface area contributed by atoms with Crippen LogP contribution in [0, 0.1) is 0 Å². The second-order valence-corrected chi connectivity index (χ2v) is 4.59. The van der Waals surface area contributed by atoms with Gasteiger partial charge in [-0.1, -0.05) is 23.7 Å². The molecular formula is C16H18ClNO2. The fraction of sp³-hybridized carbons (Fsp3) is 0.250. The number of halogens is 1. The molecule has 0 radical (unpaired) electrons. The molecule has 0 fully saturated rings. The third kappa shape index (κ3) is 4.35. The minimum atomic E-state index is 0.572. The second kappa shape index (κ2) is 7.65. The van der Waals surface area contributed by atoms with Crippen molar-refractivity contribution < 1.29 is 9.47 Å². The van der Waals surface area contributed by atoms with Crippen LogP contribution in [0.5, 0.6) is 11.5 Å². The molecule has 0 heterocycles. The molecule has 0 aliphatic carbocycles. The number of anilines is 1. The van der Waals surface area contributed by atoms with Crippen molar-refractivity contribution in [3.8, 4) is 11.5 Å². The Bertz CT molecular complexity index is 528. The molecule has 0 bridgehead atoms. The van der Waals surface area contributed by atoms with E-state index in [0.717, 1.165) is 17.2 Å². The Morgan fingerprint density at radius 2 is 1.75 bits per heavy atom. The minimum absolute atomic E-state index is 0.572. The Morgan fingerprint density at radius 3 is 2.50 bits per heavy atom. The Balaban J connectivity index is 1.79. The Kier molecular flexibility index (Phi) is 5.56. The van der Waals surface area contributed by atoms with Gasteiger partial charge in [-0.2, -0.15) is 0 Å². The number of rotatable bonds is 7. The summed E-state index contributed by atoms with van der Waals surface area (Å²) in [7, 11) is 0. The molecule has 0 aliphatic heterocycles. The molecule has 0 amide bonds. The topological polar surface area (TPSA) is 30.5 Å². The highest BCUT2D eigenvalue weighted by atomic mass is 35.5. The Hall–Kier alpha value is -1.87. The van der Waals surface area contributed by atoms with Crippen LogP contribution < -0.4 is 14.8 Å². The van der Waals surface area contributed by atoms with Crippen LogP contribution in [0.2, 0.25) is 5.02 Å². The summed E-state index contributed by atoms with van der Waals surface area (Å²) in [6.07, 6.45) is 0. The number of hydrogen-bond donors (Lipinski definition) is 1. The fourth-order valence-electron chi connectivity index (χ4n) is 1.78. The van der Waals surface area contributed by atoms with E-state index in [2.05, 4.69) is 5.32 Å². The van der Waals surface area contributed by atoms with Gasteiger partial charge in [0.2, 0.25) is 0 Å². The fourth-order valence-corrected chi connectivity index (χ4v) is 1.91. The van der Waals surface area contributed by atoms with E-state index in [1.165, 1.54) is 0 Å². The number of benzene rings is 2. The first-order valence-electron chi connectivity index (χ1n) is 6.63. The van der Waals surface area contributed by atoms with Crippen molar-refractivity contribution >= 4 is 17.3 Å². The van der Waals surface area contributed by atoms with Crippen LogP contribution in [0.3, 0.4) is 0 Å². The highest BCUT2D eigenvalue weighted by Crippen LogP contribution is 2.23. The summed E-state index contributed by atoms with van der Waals surface area (Å²) >= 11 is 5.82. The van der Waals surface area contributed by atoms with E-state index in [-0.39, 0.29) is 0 Å². The summed E-state index contributed by atoms with van der Waals surface area (Å²) in [5.41, 5.74) is 0.981. The first-order valence-corrected chi connectivity index (χ1v) is 7.01. The quantitative estimate of drug-likeness (QED) is 0.774. The lowest BCUT2D eigenvalue weighted by molar-refractivity contribution is 0.330. The third-order valence-corrected chi connectivity index (χ3v) is 2.94. The van der Waals surface area contributed by atoms with Gasteiger partial charge in [0.1, 0.15) is 18.1 Å². The first-order chi connectivity index (χ1) is 9.79. The van der Waals surface area contributed by atoms with Crippen LogP contribution in [0.15, 0.2) is 48.5 Å². The molecule has 106 valence electrons. The molecule has 20 heavy (non-hydrogen) atoms. The summed E-state index contributed by atoms with van der Waals surface area (Å²) in [6.45, 7) is 3.90. The number of ether oxygens (including phenoxy) is 2. The van der Waals surface area contributed by atoms with Crippen LogP contribution in [0.4, 0.5) is 5.69 Å². The largest absolute Gasteiger partial charge is 0.492 e. The van der Waals surface area contributed by atoms with Gasteiger partial charge in [-0.25, -0.2) is 0 Å². The highest BCUT2D eigenvalue weighted by Gasteiger charge is 2.01. The standard InChI is InChI=1S/C16H18ClNO2/c1-2-19-16-6-4-3-5-15(16)18-11-12-20-14-9-7-13(17)8-10-14/h3-10,18H,2,11-12H2,1H3. The maximum absolute atomic E-state index is 5.82. The van der Waals surface area contributed by atoms with Crippen molar-refractivity contribution in [2.45, 2.75) is 6.92 Å². The molecule has 0 spiro atoms. The number of nitrogens with one attached hydrogen (secondary N) is 1. The van der Waals surface area contributed by atoms with E-state index in [1.807, 2.05) is 55.5 Å². The summed E-state index contributed by atoms with van der Waals surface area (Å²) in [5, 5.41) is 4.01. The highest BCUT2D eigenvalue weighted by molar-refractivity contribution is 6.30. The van der Waals surface area contributed by atoms with Crippen molar-refractivity contribution in [3.63, 3.8) is 0 Å². The van der Waals surface area contributed by atoms with Crippen LogP contribution in [0.1, 0.15) is 6.92 Å². The normalized spacial score (nSPS) is 10.1. The van der Waals surface area contributed by atoms with Gasteiger partial charge in [0.05, 0.1) is 12.3 Å². The van der Waals surface area contributed by atoms with E-state index in [1.54, 1.807) is 0 Å². The van der Waals surface area contributed by atoms with Gasteiger partial charge in [-0.05, 0) is 43.3 Å². The zero-order valence-electron chi connectivity index (χ0n) is 11.4. The summed E-state index contributed by atoms with van der Waals surface area (Å²) in [5.74, 6) is 1.68. The molecule has 0 aromatic heterocycles. The zero-order valence-corrected chi connectivity index (χ0v) is 12.2. The maximum atomic E-state index is 5.82. The number of para-hydroxylation sites is 2. The van der Waals surface area contributed by atoms with Crippen LogP contribution in [-0.4, -0.2) is 19.8 Å². The molecule has 0 unspecified atom stereocenters. The van der Waals surface area contributed by atoms with E-state index < -0.39 is 0 Å². The average molecular weight is 292 g/mol. The molecular weight excluding hydrogens is 274 g/mol. The maximum Gasteiger partial charge on any atom is 0.142 e. The van der Waals surface area contributed by atoms with Gasteiger partial charge in [0.15, 0.2) is 0 Å². The van der Waals surface area contributed by atoms with E-state index in [0.29, 0.717) is 24.8 Å². The Labute approximate surface area is 124 Å². The van der Waals surface area contributed by atoms with E-state index >= 15 is 0 Å². The second-order valence-electron chi connectivity index (χ2n) is 4.16. The van der Waals surface area contributed by atoms with Crippen molar-refractivity contribution in [3.05, 3.63) is 53.6 Å². The molecule has 1 N–H and O–H groups in total. The molecule has 3 nitrogen and oxygen atoms in total. The van der Waals surface area contributed by atoms with Crippen molar-refractivity contribution in [2.75, 3.05) is 25.1 Å². The SMILES string of the molecule is CCOc1ccccc1NCCOc1ccc(Cl)cc1. The zero-order chi connectivity index (χ0) is 14.2. The lowest BCUT2D eigenvalue weighted by Gasteiger charge is -2.12. The molecule has 0 saturated carbocycles. The van der Waals surface area contributed by atoms with Gasteiger partial charge in [-0.3, -0.25) is 0 Å². The molecule has 2 aromatic rings. The smallest absolute Gasteiger partial charge is 0.142 e. The van der Waals surface area contributed by atoms with Crippen molar-refractivity contribution in [2.24, 2.45) is 0 Å². The summed E-state index contributed by atoms with van der Waals surface area (Å²) in [6, 6.07) is 15.2. The van der Waals surface area contributed by atoms with Crippen LogP contribution in [0.25, 0.3) is 0 Å². The van der Waals surface area contributed by atoms with Gasteiger partial charge < -0.3 is 14.8 Å². The lowest BCUT2D eigenvalue weighted by atomic mass is 10.3. The number of hydrogen-bond acceptors (Lipinski definition) is 3. The van der Waals surface area contributed by atoms with Gasteiger partial charge in [0, 0.05) is 11.6 Å². The molecule has 4 heteroatoms. The van der Waals surface area contributed by atoms with Crippen LogP contribution >= 0.6 is 11.6 Å². The van der Waals surface area contributed by atoms with Crippen LogP contribution in [-0.2, 0) is 0 Å². The molecule has 0 atom stereocenters. The molecule has 2 rings (SSSR count). The van der Waals surface area contributed by atoms with Crippen molar-refractivity contribution in [1.82, 2.24) is 0 Å². The summed E-state index contributed by atoms with van der Waals surface area (Å²) < 4.78 is 11.2. The Morgan fingerprint density at radius 1 is 1.00 bits per heavy atom. The molecule has 0 saturated heterocycles. The summed E-state index contributed by atoms with van der Waals surface area (Å²) in [4.78, 5) is 0. The van der Waals surface area contributed by atoms with Crippen molar-refractivity contribution in [1.29, 1.82) is 0 Å². The predicted molar refractivity (Wildman–Crippen MR) is 83.0 cm³/mol. The monoisotopic (exact) mass is 291 g/mol. The van der Waals surface area contributed by atoms with E-state index in [4.69, 9.17) is 21.1 Å². The van der Waals surface area contributed by atoms with Gasteiger partial charge >= 0.3 is 0 Å². The predicted octanol–water partition coefficient (Wildman–Crippen LogP) is 4.23. The lowest BCUT2D eigenvalue weighted by Crippen LogP contribution is -2.12. The third-order valence-electron chi connectivity index (χ3n) is 2.69. The average Bonchev–Trinajstić information content (AvgIpc) is 2.47. The van der Waals surface area contributed by atoms with E-state index in [9.17, 15) is 0 Å². The molecule has 0 aliphatic rings. The van der Waals surface area contributed by atoms with Gasteiger partial charge in [0.25, 0.3) is 0 Å². The van der Waals surface area contributed by atoms with Gasteiger partial charge in [-0.15, -0.1) is 0 Å². The minimum Gasteiger partial charge on any atom is -0.492 e.